The first kappa shape index (κ1) is 10.7. The van der Waals surface area contributed by atoms with Crippen LogP contribution in [-0.4, -0.2) is 31.2 Å². The molecule has 0 spiro atoms. The smallest absolute Gasteiger partial charge is 0.373 e. The number of carbonyl (C=O) groups is 1. The zero-order chi connectivity index (χ0) is 12.4. The van der Waals surface area contributed by atoms with Gasteiger partial charge in [0.1, 0.15) is 0 Å². The normalized spacial score (nSPS) is 10.1. The maximum absolute atomic E-state index is 10.8. The Hall–Kier alpha value is -2.77. The van der Waals surface area contributed by atoms with Crippen molar-refractivity contribution < 1.29 is 14.8 Å². The molecule has 1 heterocycles. The van der Waals surface area contributed by atoms with Crippen LogP contribution in [0.4, 0.5) is 5.69 Å². The summed E-state index contributed by atoms with van der Waals surface area (Å²) in [6, 6.07) is 5.84. The Morgan fingerprint density at radius 2 is 2.12 bits per heavy atom. The standard InChI is InChI=1S/C9H6N4O4/c14-9(15)8-10-7(11-12-8)5-3-1-2-4-6(5)13(16)17/h1-4H,(H,14,15)(H,10,11,12). The fraction of sp³-hybridized carbons (Fsp3) is 0. The van der Waals surface area contributed by atoms with Crippen molar-refractivity contribution in [2.24, 2.45) is 0 Å². The first-order valence-corrected chi connectivity index (χ1v) is 4.49. The van der Waals surface area contributed by atoms with Crippen LogP contribution in [0.2, 0.25) is 0 Å². The molecule has 86 valence electrons. The molecule has 0 radical (unpaired) electrons. The third-order valence-corrected chi connectivity index (χ3v) is 2.03. The molecule has 2 rings (SSSR count). The molecule has 1 aromatic heterocycles. The molecule has 0 aliphatic heterocycles. The van der Waals surface area contributed by atoms with E-state index in [4.69, 9.17) is 5.11 Å². The Bertz CT molecular complexity index is 592. The lowest BCUT2D eigenvalue weighted by molar-refractivity contribution is -0.384. The van der Waals surface area contributed by atoms with Crippen molar-refractivity contribution in [1.82, 2.24) is 15.2 Å². The molecule has 8 nitrogen and oxygen atoms in total. The van der Waals surface area contributed by atoms with E-state index in [0.29, 0.717) is 0 Å². The van der Waals surface area contributed by atoms with Crippen LogP contribution in [0.1, 0.15) is 10.6 Å². The van der Waals surface area contributed by atoms with E-state index < -0.39 is 10.9 Å². The molecular formula is C9H6N4O4. The molecule has 0 saturated carbocycles. The van der Waals surface area contributed by atoms with Crippen LogP contribution in [-0.2, 0) is 0 Å². The van der Waals surface area contributed by atoms with E-state index >= 15 is 0 Å². The first-order valence-electron chi connectivity index (χ1n) is 4.49. The van der Waals surface area contributed by atoms with Gasteiger partial charge in [0.2, 0.25) is 5.82 Å². The summed E-state index contributed by atoms with van der Waals surface area (Å²) in [5.41, 5.74) is -0.00955. The highest BCUT2D eigenvalue weighted by Crippen LogP contribution is 2.26. The number of aromatic carboxylic acids is 1. The van der Waals surface area contributed by atoms with Gasteiger partial charge in [-0.05, 0) is 6.07 Å². The summed E-state index contributed by atoms with van der Waals surface area (Å²) in [5.74, 6) is -1.66. The van der Waals surface area contributed by atoms with Gasteiger partial charge in [-0.25, -0.2) is 9.78 Å². The summed E-state index contributed by atoms with van der Waals surface area (Å²) in [6.07, 6.45) is 0. The number of hydrogen-bond acceptors (Lipinski definition) is 5. The lowest BCUT2D eigenvalue weighted by Gasteiger charge is -1.96. The lowest BCUT2D eigenvalue weighted by atomic mass is 10.2. The van der Waals surface area contributed by atoms with Crippen LogP contribution in [0.15, 0.2) is 24.3 Å². The van der Waals surface area contributed by atoms with Crippen LogP contribution in [0.3, 0.4) is 0 Å². The van der Waals surface area contributed by atoms with Gasteiger partial charge in [-0.15, -0.1) is 0 Å². The number of para-hydroxylation sites is 1. The molecule has 0 saturated heterocycles. The summed E-state index contributed by atoms with van der Waals surface area (Å²) in [7, 11) is 0. The van der Waals surface area contributed by atoms with Crippen molar-refractivity contribution in [3.63, 3.8) is 0 Å². The van der Waals surface area contributed by atoms with E-state index in [0.717, 1.165) is 0 Å². The van der Waals surface area contributed by atoms with Gasteiger partial charge in [0.15, 0.2) is 5.82 Å². The molecule has 8 heteroatoms. The van der Waals surface area contributed by atoms with E-state index in [9.17, 15) is 14.9 Å². The van der Waals surface area contributed by atoms with E-state index in [1.165, 1.54) is 18.2 Å². The van der Waals surface area contributed by atoms with Gasteiger partial charge >= 0.3 is 5.97 Å². The molecule has 0 amide bonds. The predicted octanol–water partition coefficient (Wildman–Crippen LogP) is 1.08. The van der Waals surface area contributed by atoms with Crippen molar-refractivity contribution in [2.45, 2.75) is 0 Å². The number of nitrogens with zero attached hydrogens (tertiary/aromatic N) is 3. The van der Waals surface area contributed by atoms with Crippen molar-refractivity contribution in [3.8, 4) is 11.4 Å². The number of hydrogen-bond donors (Lipinski definition) is 2. The minimum atomic E-state index is -1.28. The molecule has 0 fully saturated rings. The summed E-state index contributed by atoms with van der Waals surface area (Å²) in [4.78, 5) is 24.4. The molecule has 0 bridgehead atoms. The third-order valence-electron chi connectivity index (χ3n) is 2.03. The zero-order valence-electron chi connectivity index (χ0n) is 8.32. The molecule has 1 aromatic carbocycles. The monoisotopic (exact) mass is 234 g/mol. The number of carboxylic acid groups (broad SMARTS) is 1. The van der Waals surface area contributed by atoms with Crippen molar-refractivity contribution in [3.05, 3.63) is 40.2 Å². The number of H-pyrrole nitrogens is 1. The Morgan fingerprint density at radius 1 is 1.41 bits per heavy atom. The number of aromatic nitrogens is 3. The number of aromatic amines is 1. The second-order valence-electron chi connectivity index (χ2n) is 3.09. The van der Waals surface area contributed by atoms with Crippen LogP contribution < -0.4 is 0 Å². The Balaban J connectivity index is 2.52. The van der Waals surface area contributed by atoms with Gasteiger partial charge in [0.25, 0.3) is 5.69 Å². The molecule has 0 unspecified atom stereocenters. The highest BCUT2D eigenvalue weighted by molar-refractivity contribution is 5.84. The number of nitro groups is 1. The van der Waals surface area contributed by atoms with Crippen molar-refractivity contribution >= 4 is 11.7 Å². The van der Waals surface area contributed by atoms with Crippen LogP contribution in [0.5, 0.6) is 0 Å². The minimum absolute atomic E-state index is 0.0188. The molecule has 2 aromatic rings. The van der Waals surface area contributed by atoms with Gasteiger partial charge in [-0.3, -0.25) is 15.2 Å². The Morgan fingerprint density at radius 3 is 2.71 bits per heavy atom. The Labute approximate surface area is 94.1 Å². The Kier molecular flexibility index (Phi) is 2.53. The second kappa shape index (κ2) is 4.00. The largest absolute Gasteiger partial charge is 0.475 e. The zero-order valence-corrected chi connectivity index (χ0v) is 8.32. The van der Waals surface area contributed by atoms with Gasteiger partial charge < -0.3 is 5.11 Å². The van der Waals surface area contributed by atoms with E-state index in [2.05, 4.69) is 15.2 Å². The summed E-state index contributed by atoms with van der Waals surface area (Å²) in [5, 5.41) is 25.2. The van der Waals surface area contributed by atoms with Gasteiger partial charge in [-0.1, -0.05) is 12.1 Å². The van der Waals surface area contributed by atoms with Crippen molar-refractivity contribution in [1.29, 1.82) is 0 Å². The molecular weight excluding hydrogens is 228 g/mol. The van der Waals surface area contributed by atoms with Gasteiger partial charge in [0.05, 0.1) is 10.5 Å². The van der Waals surface area contributed by atoms with Crippen LogP contribution >= 0.6 is 0 Å². The second-order valence-corrected chi connectivity index (χ2v) is 3.09. The van der Waals surface area contributed by atoms with E-state index in [1.54, 1.807) is 6.07 Å². The fourth-order valence-corrected chi connectivity index (χ4v) is 1.30. The predicted molar refractivity (Wildman–Crippen MR) is 55.4 cm³/mol. The molecule has 17 heavy (non-hydrogen) atoms. The fourth-order valence-electron chi connectivity index (χ4n) is 1.30. The topological polar surface area (TPSA) is 122 Å². The number of rotatable bonds is 3. The van der Waals surface area contributed by atoms with Crippen LogP contribution in [0, 0.1) is 10.1 Å². The maximum Gasteiger partial charge on any atom is 0.373 e. The average Bonchev–Trinajstić information content (AvgIpc) is 2.78. The minimum Gasteiger partial charge on any atom is -0.475 e. The SMILES string of the molecule is O=C(O)c1nc(-c2ccccc2[N+](=O)[O-])n[nH]1. The average molecular weight is 234 g/mol. The highest BCUT2D eigenvalue weighted by atomic mass is 16.6. The summed E-state index contributed by atoms with van der Waals surface area (Å²) >= 11 is 0. The van der Waals surface area contributed by atoms with Gasteiger partial charge in [-0.2, -0.15) is 5.10 Å². The molecule has 0 aliphatic rings. The number of carboxylic acids is 1. The maximum atomic E-state index is 10.8. The summed E-state index contributed by atoms with van der Waals surface area (Å²) in [6.45, 7) is 0. The molecule has 2 N–H and O–H groups in total. The number of nitrogens with one attached hydrogen (secondary N) is 1. The highest BCUT2D eigenvalue weighted by Gasteiger charge is 2.19. The van der Waals surface area contributed by atoms with E-state index in [1.807, 2.05) is 0 Å². The quantitative estimate of drug-likeness (QED) is 0.605. The molecule has 0 atom stereocenters. The van der Waals surface area contributed by atoms with Crippen molar-refractivity contribution in [2.75, 3.05) is 0 Å². The lowest BCUT2D eigenvalue weighted by Crippen LogP contribution is -1.98. The summed E-state index contributed by atoms with van der Waals surface area (Å²) < 4.78 is 0. The first-order chi connectivity index (χ1) is 8.09. The van der Waals surface area contributed by atoms with E-state index in [-0.39, 0.29) is 22.9 Å². The number of benzene rings is 1. The van der Waals surface area contributed by atoms with Crippen LogP contribution in [0.25, 0.3) is 11.4 Å². The molecule has 0 aliphatic carbocycles. The van der Waals surface area contributed by atoms with Gasteiger partial charge in [0, 0.05) is 6.07 Å². The number of nitro benzene ring substituents is 1. The third kappa shape index (κ3) is 1.95.